The van der Waals surface area contributed by atoms with E-state index in [0.29, 0.717) is 51.5 Å². The summed E-state index contributed by atoms with van der Waals surface area (Å²) in [5.74, 6) is 1.81. The summed E-state index contributed by atoms with van der Waals surface area (Å²) >= 11 is 0. The third kappa shape index (κ3) is 5.80. The van der Waals surface area contributed by atoms with E-state index in [9.17, 15) is 9.18 Å². The van der Waals surface area contributed by atoms with Gasteiger partial charge in [0.2, 0.25) is 0 Å². The fraction of sp³-hybridized carbons (Fsp3) is 0.333. The van der Waals surface area contributed by atoms with Gasteiger partial charge in [0.15, 0.2) is 11.5 Å². The molecule has 3 aromatic heterocycles. The van der Waals surface area contributed by atoms with Gasteiger partial charge in [-0.25, -0.2) is 19.3 Å². The summed E-state index contributed by atoms with van der Waals surface area (Å²) in [6.07, 6.45) is 6.82. The Hall–Kier alpha value is -4.63. The van der Waals surface area contributed by atoms with Crippen molar-refractivity contribution in [3.8, 4) is 28.3 Å². The van der Waals surface area contributed by atoms with E-state index in [1.807, 2.05) is 28.8 Å². The van der Waals surface area contributed by atoms with Crippen LogP contribution in [0.25, 0.3) is 39.5 Å². The minimum Gasteiger partial charge on any atom is -0.469 e. The number of pyridine rings is 2. The summed E-state index contributed by atoms with van der Waals surface area (Å²) in [7, 11) is 1.49. The van der Waals surface area contributed by atoms with E-state index >= 15 is 0 Å². The van der Waals surface area contributed by atoms with Crippen molar-refractivity contribution in [3.63, 3.8) is 0 Å². The Labute approximate surface area is 262 Å². The second-order valence-electron chi connectivity index (χ2n) is 12.3. The number of anilines is 1. The molecule has 45 heavy (non-hydrogen) atoms. The third-order valence-corrected chi connectivity index (χ3v) is 9.53. The Morgan fingerprint density at radius 1 is 0.933 bits per heavy atom. The molecule has 0 radical (unpaired) electrons. The number of aromatic nitrogens is 4. The van der Waals surface area contributed by atoms with Gasteiger partial charge in [0.05, 0.1) is 24.3 Å². The van der Waals surface area contributed by atoms with Crippen molar-refractivity contribution in [2.24, 2.45) is 11.8 Å². The molecule has 0 amide bonds. The molecule has 230 valence electrons. The molecule has 1 aliphatic carbocycles. The van der Waals surface area contributed by atoms with Crippen molar-refractivity contribution in [1.82, 2.24) is 24.4 Å². The average Bonchev–Trinajstić information content (AvgIpc) is 3.70. The van der Waals surface area contributed by atoms with Crippen molar-refractivity contribution >= 4 is 23.0 Å². The first-order chi connectivity index (χ1) is 22.0. The minimum atomic E-state index is -0.323. The van der Waals surface area contributed by atoms with E-state index in [1.165, 1.54) is 18.7 Å². The topological polar surface area (TPSA) is 99.2 Å². The number of nitrogens with zero attached hydrogens (tertiary/aromatic N) is 5. The number of nitrogen functional groups attached to an aromatic ring is 1. The number of imidazole rings is 1. The summed E-state index contributed by atoms with van der Waals surface area (Å²) in [5.41, 5.74) is 11.5. The zero-order chi connectivity index (χ0) is 30.9. The first-order valence-corrected chi connectivity index (χ1v) is 15.7. The maximum absolute atomic E-state index is 14.7. The molecule has 1 saturated carbocycles. The predicted octanol–water partition coefficient (Wildman–Crippen LogP) is 6.64. The smallest absolute Gasteiger partial charge is 0.308 e. The second kappa shape index (κ2) is 12.4. The van der Waals surface area contributed by atoms with Crippen LogP contribution >= 0.6 is 0 Å². The van der Waals surface area contributed by atoms with Crippen LogP contribution in [0.2, 0.25) is 0 Å². The molecule has 0 spiro atoms. The van der Waals surface area contributed by atoms with Crippen molar-refractivity contribution in [2.75, 3.05) is 32.5 Å². The highest BCUT2D eigenvalue weighted by molar-refractivity contribution is 5.84. The number of ether oxygens (including phenoxy) is 1. The molecule has 2 fully saturated rings. The molecule has 4 heterocycles. The van der Waals surface area contributed by atoms with E-state index < -0.39 is 0 Å². The largest absolute Gasteiger partial charge is 0.469 e. The molecule has 2 aliphatic rings. The molecular formula is C36H37FN6O2. The third-order valence-electron chi connectivity index (χ3n) is 9.53. The number of fused-ring (bicyclic) bond motifs is 1. The fourth-order valence-corrected chi connectivity index (χ4v) is 7.09. The number of hydrogen-bond donors (Lipinski definition) is 1. The van der Waals surface area contributed by atoms with Crippen LogP contribution < -0.4 is 5.73 Å². The van der Waals surface area contributed by atoms with Crippen molar-refractivity contribution in [1.29, 1.82) is 0 Å². The zero-order valence-electron chi connectivity index (χ0n) is 25.4. The molecular weight excluding hydrogens is 567 g/mol. The normalized spacial score (nSPS) is 20.4. The number of nitrogens with two attached hydrogens (primary N) is 1. The van der Waals surface area contributed by atoms with Gasteiger partial charge in [-0.15, -0.1) is 0 Å². The molecule has 0 bridgehead atoms. The lowest BCUT2D eigenvalue weighted by Gasteiger charge is -2.30. The van der Waals surface area contributed by atoms with Crippen molar-refractivity contribution in [3.05, 3.63) is 90.4 Å². The van der Waals surface area contributed by atoms with Crippen LogP contribution in [-0.2, 0) is 9.53 Å². The van der Waals surface area contributed by atoms with Crippen LogP contribution in [0.4, 0.5) is 10.2 Å². The van der Waals surface area contributed by atoms with Gasteiger partial charge in [0.1, 0.15) is 17.2 Å². The summed E-state index contributed by atoms with van der Waals surface area (Å²) in [5, 5.41) is 0. The fourth-order valence-electron chi connectivity index (χ4n) is 7.09. The Morgan fingerprint density at radius 3 is 2.47 bits per heavy atom. The quantitative estimate of drug-likeness (QED) is 0.208. The van der Waals surface area contributed by atoms with E-state index in [2.05, 4.69) is 34.1 Å². The number of hydrogen-bond acceptors (Lipinski definition) is 7. The first kappa shape index (κ1) is 29.1. The van der Waals surface area contributed by atoms with Gasteiger partial charge in [-0.2, -0.15) is 0 Å². The average molecular weight is 605 g/mol. The molecule has 8 nitrogen and oxygen atoms in total. The molecule has 9 heteroatoms. The van der Waals surface area contributed by atoms with Crippen LogP contribution in [-0.4, -0.2) is 57.1 Å². The molecule has 1 saturated heterocycles. The van der Waals surface area contributed by atoms with E-state index in [4.69, 9.17) is 20.4 Å². The van der Waals surface area contributed by atoms with Crippen LogP contribution in [0.15, 0.2) is 79.0 Å². The van der Waals surface area contributed by atoms with Crippen LogP contribution in [0, 0.1) is 17.7 Å². The van der Waals surface area contributed by atoms with Gasteiger partial charge in [-0.1, -0.05) is 24.3 Å². The Morgan fingerprint density at radius 2 is 1.71 bits per heavy atom. The van der Waals surface area contributed by atoms with Crippen LogP contribution in [0.5, 0.6) is 0 Å². The van der Waals surface area contributed by atoms with E-state index in [1.54, 1.807) is 24.4 Å². The zero-order valence-corrected chi connectivity index (χ0v) is 25.4. The lowest BCUT2D eigenvalue weighted by atomic mass is 9.82. The van der Waals surface area contributed by atoms with Gasteiger partial charge in [0.25, 0.3) is 0 Å². The highest BCUT2D eigenvalue weighted by Gasteiger charge is 2.31. The number of halogens is 1. The summed E-state index contributed by atoms with van der Waals surface area (Å²) in [4.78, 5) is 28.6. The molecule has 7 rings (SSSR count). The second-order valence-corrected chi connectivity index (χ2v) is 12.3. The number of methoxy groups -OCH3 is 1. The number of esters is 1. The number of carbonyl (C=O) groups is 1. The van der Waals surface area contributed by atoms with Gasteiger partial charge in [0, 0.05) is 30.5 Å². The monoisotopic (exact) mass is 604 g/mol. The Kier molecular flexibility index (Phi) is 8.02. The van der Waals surface area contributed by atoms with Crippen molar-refractivity contribution < 1.29 is 13.9 Å². The molecule has 5 aromatic rings. The maximum atomic E-state index is 14.7. The minimum absolute atomic E-state index is 0.0563. The predicted molar refractivity (Wildman–Crippen MR) is 173 cm³/mol. The Balaban J connectivity index is 1.15. The lowest BCUT2D eigenvalue weighted by Crippen LogP contribution is -2.31. The highest BCUT2D eigenvalue weighted by Crippen LogP contribution is 2.35. The van der Waals surface area contributed by atoms with Gasteiger partial charge in [-0.05, 0) is 105 Å². The number of carbonyl (C=O) groups excluding carboxylic acids is 1. The van der Waals surface area contributed by atoms with Crippen LogP contribution in [0.1, 0.15) is 43.6 Å². The highest BCUT2D eigenvalue weighted by atomic mass is 19.1. The van der Waals surface area contributed by atoms with Gasteiger partial charge in [-0.3, -0.25) is 9.36 Å². The standard InChI is InChI=1S/C36H37FN6O2/c1-45-36(44)25-10-8-23(9-11-25)21-42-20-18-26(22-42)24-12-14-27(15-13-24)43-34(29-6-4-19-39-33(29)38)41-32-17-16-31(40-35(32)43)28-5-2-3-7-30(28)37/h2-7,12-17,19,23,25-26H,8-11,18,20-22H2,1H3,(H2,38,39)/t23-,25-,26-/m0/s1. The first-order valence-electron chi connectivity index (χ1n) is 15.7. The van der Waals surface area contributed by atoms with E-state index in [0.717, 1.165) is 57.4 Å². The molecule has 1 aliphatic heterocycles. The molecule has 0 unspecified atom stereocenters. The number of benzene rings is 2. The SMILES string of the molecule is COC(=O)[C@H]1CC[C@H](CN2CC[C@H](c3ccc(-n4c(-c5cccnc5N)nc5ccc(-c6ccccc6F)nc54)cc3)C2)CC1. The summed E-state index contributed by atoms with van der Waals surface area (Å²) < 4.78 is 21.7. The molecule has 1 atom stereocenters. The molecule has 2 N–H and O–H groups in total. The Bertz CT molecular complexity index is 1830. The van der Waals surface area contributed by atoms with Crippen LogP contribution in [0.3, 0.4) is 0 Å². The number of likely N-dealkylation sites (tertiary alicyclic amines) is 1. The van der Waals surface area contributed by atoms with Crippen molar-refractivity contribution in [2.45, 2.75) is 38.0 Å². The lowest BCUT2D eigenvalue weighted by molar-refractivity contribution is -0.146. The van der Waals surface area contributed by atoms with Gasteiger partial charge >= 0.3 is 5.97 Å². The number of rotatable bonds is 7. The summed E-state index contributed by atoms with van der Waals surface area (Å²) in [6, 6.07) is 22.7. The van der Waals surface area contributed by atoms with Gasteiger partial charge < -0.3 is 15.4 Å². The molecule has 2 aromatic carbocycles. The van der Waals surface area contributed by atoms with E-state index in [-0.39, 0.29) is 17.7 Å². The summed E-state index contributed by atoms with van der Waals surface area (Å²) in [6.45, 7) is 3.22. The maximum Gasteiger partial charge on any atom is 0.308 e.